The summed E-state index contributed by atoms with van der Waals surface area (Å²) in [6.07, 6.45) is 7.36. The van der Waals surface area contributed by atoms with Crippen LogP contribution < -0.4 is 5.32 Å². The molecular formula is C16H18N4O. The highest BCUT2D eigenvalue weighted by molar-refractivity contribution is 6.13. The fourth-order valence-corrected chi connectivity index (χ4v) is 2.42. The summed E-state index contributed by atoms with van der Waals surface area (Å²) in [6, 6.07) is 5.71. The van der Waals surface area contributed by atoms with Gasteiger partial charge in [0.15, 0.2) is 0 Å². The maximum atomic E-state index is 12.6. The molecule has 1 aromatic rings. The summed E-state index contributed by atoms with van der Waals surface area (Å²) in [6.45, 7) is 3.77. The number of hydrogen-bond donors (Lipinski definition) is 1. The van der Waals surface area contributed by atoms with Crippen molar-refractivity contribution in [2.75, 3.05) is 32.7 Å². The molecule has 0 saturated carbocycles. The Morgan fingerprint density at radius 3 is 2.86 bits per heavy atom. The van der Waals surface area contributed by atoms with Crippen LogP contribution in [-0.4, -0.2) is 54.2 Å². The third-order valence-corrected chi connectivity index (χ3v) is 3.54. The van der Waals surface area contributed by atoms with Crippen molar-refractivity contribution in [1.82, 2.24) is 15.2 Å². The first-order valence-corrected chi connectivity index (χ1v) is 7.19. The predicted molar refractivity (Wildman–Crippen MR) is 82.3 cm³/mol. The van der Waals surface area contributed by atoms with Gasteiger partial charge in [0, 0.05) is 37.9 Å². The summed E-state index contributed by atoms with van der Waals surface area (Å²) >= 11 is 0. The lowest BCUT2D eigenvalue weighted by molar-refractivity contribution is -0.127. The Morgan fingerprint density at radius 1 is 1.24 bits per heavy atom. The number of carbonyl (C=O) groups is 1. The van der Waals surface area contributed by atoms with Gasteiger partial charge in [-0.3, -0.25) is 14.8 Å². The lowest BCUT2D eigenvalue weighted by Gasteiger charge is -2.27. The van der Waals surface area contributed by atoms with Crippen LogP contribution in [0.5, 0.6) is 0 Å². The predicted octanol–water partition coefficient (Wildman–Crippen LogP) is 0.799. The zero-order valence-electron chi connectivity index (χ0n) is 11.8. The Bertz CT molecular complexity index is 598. The van der Waals surface area contributed by atoms with Crippen molar-refractivity contribution in [1.29, 1.82) is 0 Å². The first kappa shape index (κ1) is 13.7. The third kappa shape index (κ3) is 3.25. The molecular weight excluding hydrogens is 264 g/mol. The van der Waals surface area contributed by atoms with Gasteiger partial charge in [0.05, 0.1) is 18.0 Å². The van der Waals surface area contributed by atoms with Gasteiger partial charge >= 0.3 is 0 Å². The Kier molecular flexibility index (Phi) is 4.21. The second-order valence-corrected chi connectivity index (χ2v) is 4.99. The Labute approximate surface area is 124 Å². The highest BCUT2D eigenvalue weighted by atomic mass is 16.2. The second-order valence-electron chi connectivity index (χ2n) is 4.99. The van der Waals surface area contributed by atoms with Crippen LogP contribution in [0, 0.1) is 0 Å². The SMILES string of the molecule is O=C(C1=CC(c2ccccn2)=NCC=C1)N1CCNCC1. The van der Waals surface area contributed by atoms with Crippen LogP contribution in [0.2, 0.25) is 0 Å². The van der Waals surface area contributed by atoms with Crippen LogP contribution in [0.4, 0.5) is 0 Å². The quantitative estimate of drug-likeness (QED) is 0.873. The molecule has 21 heavy (non-hydrogen) atoms. The molecule has 1 amide bonds. The molecule has 0 bridgehead atoms. The number of piperazine rings is 1. The summed E-state index contributed by atoms with van der Waals surface area (Å²) in [5.74, 6) is 0.0679. The van der Waals surface area contributed by atoms with Gasteiger partial charge in [-0.15, -0.1) is 0 Å². The average molecular weight is 282 g/mol. The van der Waals surface area contributed by atoms with Gasteiger partial charge in [-0.2, -0.15) is 0 Å². The molecule has 1 aromatic heterocycles. The largest absolute Gasteiger partial charge is 0.336 e. The van der Waals surface area contributed by atoms with Crippen molar-refractivity contribution in [2.24, 2.45) is 4.99 Å². The third-order valence-electron chi connectivity index (χ3n) is 3.54. The molecule has 0 atom stereocenters. The molecule has 0 aromatic carbocycles. The minimum Gasteiger partial charge on any atom is -0.336 e. The number of aromatic nitrogens is 1. The van der Waals surface area contributed by atoms with E-state index in [0.717, 1.165) is 37.6 Å². The minimum atomic E-state index is 0.0679. The molecule has 0 aliphatic carbocycles. The molecule has 1 saturated heterocycles. The summed E-state index contributed by atoms with van der Waals surface area (Å²) in [4.78, 5) is 23.3. The number of amides is 1. The molecule has 5 nitrogen and oxygen atoms in total. The van der Waals surface area contributed by atoms with E-state index in [1.165, 1.54) is 0 Å². The van der Waals surface area contributed by atoms with E-state index in [9.17, 15) is 4.79 Å². The monoisotopic (exact) mass is 282 g/mol. The van der Waals surface area contributed by atoms with Gasteiger partial charge in [0.25, 0.3) is 5.91 Å². The Hall–Kier alpha value is -2.27. The van der Waals surface area contributed by atoms with Gasteiger partial charge in [-0.1, -0.05) is 18.2 Å². The first-order chi connectivity index (χ1) is 10.3. The van der Waals surface area contributed by atoms with Crippen molar-refractivity contribution >= 4 is 11.6 Å². The van der Waals surface area contributed by atoms with E-state index in [0.29, 0.717) is 12.1 Å². The maximum Gasteiger partial charge on any atom is 0.254 e. The fraction of sp³-hybridized carbons (Fsp3) is 0.312. The number of allylic oxidation sites excluding steroid dienone is 1. The maximum absolute atomic E-state index is 12.6. The lowest BCUT2D eigenvalue weighted by atomic mass is 10.1. The number of aliphatic imine (C=N–C) groups is 1. The molecule has 0 spiro atoms. The summed E-state index contributed by atoms with van der Waals surface area (Å²) < 4.78 is 0. The highest BCUT2D eigenvalue weighted by Crippen LogP contribution is 2.11. The highest BCUT2D eigenvalue weighted by Gasteiger charge is 2.20. The second kappa shape index (κ2) is 6.45. The lowest BCUT2D eigenvalue weighted by Crippen LogP contribution is -2.46. The van der Waals surface area contributed by atoms with Gasteiger partial charge in [0.1, 0.15) is 0 Å². The first-order valence-electron chi connectivity index (χ1n) is 7.19. The molecule has 3 heterocycles. The van der Waals surface area contributed by atoms with E-state index in [1.54, 1.807) is 6.20 Å². The number of nitrogens with one attached hydrogen (secondary N) is 1. The zero-order valence-corrected chi connectivity index (χ0v) is 11.8. The molecule has 3 rings (SSSR count). The van der Waals surface area contributed by atoms with Crippen LogP contribution >= 0.6 is 0 Å². The number of carbonyl (C=O) groups excluding carboxylic acids is 1. The molecule has 5 heteroatoms. The van der Waals surface area contributed by atoms with Crippen molar-refractivity contribution < 1.29 is 4.79 Å². The molecule has 2 aliphatic rings. The van der Waals surface area contributed by atoms with Crippen LogP contribution in [0.25, 0.3) is 0 Å². The van der Waals surface area contributed by atoms with Crippen molar-refractivity contribution in [3.05, 3.63) is 53.9 Å². The van der Waals surface area contributed by atoms with Crippen molar-refractivity contribution in [3.8, 4) is 0 Å². The van der Waals surface area contributed by atoms with E-state index in [1.807, 2.05) is 41.3 Å². The van der Waals surface area contributed by atoms with Crippen LogP contribution in [-0.2, 0) is 4.79 Å². The summed E-state index contributed by atoms with van der Waals surface area (Å²) in [7, 11) is 0. The van der Waals surface area contributed by atoms with Gasteiger partial charge in [-0.05, 0) is 18.2 Å². The number of rotatable bonds is 2. The smallest absolute Gasteiger partial charge is 0.254 e. The Balaban J connectivity index is 1.85. The molecule has 1 fully saturated rings. The summed E-state index contributed by atoms with van der Waals surface area (Å²) in [5, 5.41) is 3.25. The van der Waals surface area contributed by atoms with E-state index >= 15 is 0 Å². The average Bonchev–Trinajstić information content (AvgIpc) is 2.82. The van der Waals surface area contributed by atoms with E-state index in [2.05, 4.69) is 15.3 Å². The van der Waals surface area contributed by atoms with Gasteiger partial charge in [-0.25, -0.2) is 0 Å². The molecule has 1 N–H and O–H groups in total. The Morgan fingerprint density at radius 2 is 2.10 bits per heavy atom. The molecule has 108 valence electrons. The van der Waals surface area contributed by atoms with Gasteiger partial charge in [0.2, 0.25) is 0 Å². The van der Waals surface area contributed by atoms with E-state index in [4.69, 9.17) is 0 Å². The minimum absolute atomic E-state index is 0.0679. The molecule has 0 unspecified atom stereocenters. The van der Waals surface area contributed by atoms with Gasteiger partial charge < -0.3 is 10.2 Å². The van der Waals surface area contributed by atoms with E-state index < -0.39 is 0 Å². The standard InChI is InChI=1S/C16H18N4O/c21-16(20-10-8-17-9-11-20)13-4-3-7-19-15(12-13)14-5-1-2-6-18-14/h1-6,12,17H,7-11H2. The molecule has 2 aliphatic heterocycles. The molecule has 0 radical (unpaired) electrons. The number of hydrogen-bond acceptors (Lipinski definition) is 4. The number of pyridine rings is 1. The van der Waals surface area contributed by atoms with Crippen LogP contribution in [0.1, 0.15) is 5.69 Å². The fourth-order valence-electron chi connectivity index (χ4n) is 2.42. The van der Waals surface area contributed by atoms with Crippen LogP contribution in [0.15, 0.2) is 53.2 Å². The van der Waals surface area contributed by atoms with Crippen molar-refractivity contribution in [2.45, 2.75) is 0 Å². The normalized spacial score (nSPS) is 18.8. The van der Waals surface area contributed by atoms with E-state index in [-0.39, 0.29) is 5.91 Å². The zero-order chi connectivity index (χ0) is 14.5. The topological polar surface area (TPSA) is 57.6 Å². The summed E-state index contributed by atoms with van der Waals surface area (Å²) in [5.41, 5.74) is 2.24. The van der Waals surface area contributed by atoms with Crippen molar-refractivity contribution in [3.63, 3.8) is 0 Å². The van der Waals surface area contributed by atoms with Crippen LogP contribution in [0.3, 0.4) is 0 Å². The number of nitrogens with zero attached hydrogens (tertiary/aromatic N) is 3.